The second kappa shape index (κ2) is 6.50. The summed E-state index contributed by atoms with van der Waals surface area (Å²) < 4.78 is 19.1. The van der Waals surface area contributed by atoms with Crippen LogP contribution >= 0.6 is 0 Å². The second-order valence-electron chi connectivity index (χ2n) is 4.21. The molecular weight excluding hydrogens is 273 g/mol. The van der Waals surface area contributed by atoms with E-state index in [0.717, 1.165) is 0 Å². The molecule has 0 saturated heterocycles. The van der Waals surface area contributed by atoms with E-state index in [0.29, 0.717) is 11.3 Å². The molecule has 6 heteroatoms. The fourth-order valence-corrected chi connectivity index (χ4v) is 1.73. The Kier molecular flexibility index (Phi) is 4.49. The highest BCUT2D eigenvalue weighted by molar-refractivity contribution is 5.93. The van der Waals surface area contributed by atoms with Crippen molar-refractivity contribution in [1.82, 2.24) is 5.43 Å². The Balaban J connectivity index is 2.15. The summed E-state index contributed by atoms with van der Waals surface area (Å²) in [5.41, 5.74) is 2.89. The lowest BCUT2D eigenvalue weighted by molar-refractivity contribution is 0.0953. The van der Waals surface area contributed by atoms with Gasteiger partial charge in [-0.3, -0.25) is 10.2 Å². The van der Waals surface area contributed by atoms with Crippen molar-refractivity contribution in [3.8, 4) is 11.8 Å². The summed E-state index contributed by atoms with van der Waals surface area (Å²) in [7, 11) is 0. The Bertz CT molecular complexity index is 710. The average Bonchev–Trinajstić information content (AvgIpc) is 2.53. The molecule has 106 valence electrons. The lowest BCUT2D eigenvalue weighted by atomic mass is 10.1. The lowest BCUT2D eigenvalue weighted by Gasteiger charge is -2.09. The third-order valence-corrected chi connectivity index (χ3v) is 2.80. The summed E-state index contributed by atoms with van der Waals surface area (Å²) in [6.07, 6.45) is 0. The van der Waals surface area contributed by atoms with E-state index in [1.165, 1.54) is 18.2 Å². The van der Waals surface area contributed by atoms with Gasteiger partial charge in [-0.2, -0.15) is 5.26 Å². The Morgan fingerprint density at radius 1 is 1.33 bits per heavy atom. The van der Waals surface area contributed by atoms with Gasteiger partial charge in [-0.05, 0) is 36.4 Å². The first-order valence-electron chi connectivity index (χ1n) is 6.06. The molecule has 0 heterocycles. The van der Waals surface area contributed by atoms with Crippen molar-refractivity contribution in [2.24, 2.45) is 5.84 Å². The predicted molar refractivity (Wildman–Crippen MR) is 73.5 cm³/mol. The van der Waals surface area contributed by atoms with Crippen molar-refractivity contribution in [2.75, 3.05) is 0 Å². The number of hydrazine groups is 1. The van der Waals surface area contributed by atoms with Crippen LogP contribution in [-0.4, -0.2) is 5.91 Å². The highest BCUT2D eigenvalue weighted by atomic mass is 19.1. The molecular formula is C15H12FN3O2. The van der Waals surface area contributed by atoms with E-state index in [9.17, 15) is 9.18 Å². The van der Waals surface area contributed by atoms with Gasteiger partial charge in [0, 0.05) is 11.1 Å². The highest BCUT2D eigenvalue weighted by Gasteiger charge is 2.09. The maximum Gasteiger partial charge on any atom is 0.265 e. The van der Waals surface area contributed by atoms with Crippen LogP contribution in [0.2, 0.25) is 0 Å². The summed E-state index contributed by atoms with van der Waals surface area (Å²) >= 11 is 0. The quantitative estimate of drug-likeness (QED) is 0.510. The van der Waals surface area contributed by atoms with E-state index < -0.39 is 11.7 Å². The zero-order valence-electron chi connectivity index (χ0n) is 11.0. The molecule has 0 unspecified atom stereocenters. The third kappa shape index (κ3) is 3.55. The average molecular weight is 285 g/mol. The van der Waals surface area contributed by atoms with E-state index in [1.54, 1.807) is 24.3 Å². The van der Waals surface area contributed by atoms with Gasteiger partial charge in [0.05, 0.1) is 11.6 Å². The topological polar surface area (TPSA) is 88.1 Å². The number of amides is 1. The van der Waals surface area contributed by atoms with Crippen LogP contribution in [0.1, 0.15) is 21.5 Å². The number of rotatable bonds is 4. The monoisotopic (exact) mass is 285 g/mol. The first kappa shape index (κ1) is 14.5. The van der Waals surface area contributed by atoms with Gasteiger partial charge in [0.15, 0.2) is 0 Å². The lowest BCUT2D eigenvalue weighted by Crippen LogP contribution is -2.30. The molecule has 0 saturated carbocycles. The summed E-state index contributed by atoms with van der Waals surface area (Å²) in [6.45, 7) is -0.0631. The van der Waals surface area contributed by atoms with Gasteiger partial charge in [0.2, 0.25) is 0 Å². The molecule has 2 aromatic carbocycles. The number of carbonyl (C=O) groups excluding carboxylic acids is 1. The maximum absolute atomic E-state index is 13.7. The van der Waals surface area contributed by atoms with Crippen molar-refractivity contribution in [2.45, 2.75) is 6.61 Å². The number of nitriles is 1. The van der Waals surface area contributed by atoms with E-state index >= 15 is 0 Å². The molecule has 3 N–H and O–H groups in total. The number of ether oxygens (including phenoxy) is 1. The number of carbonyl (C=O) groups is 1. The van der Waals surface area contributed by atoms with E-state index in [4.69, 9.17) is 15.8 Å². The van der Waals surface area contributed by atoms with Crippen molar-refractivity contribution in [3.63, 3.8) is 0 Å². The summed E-state index contributed by atoms with van der Waals surface area (Å²) in [6, 6.07) is 12.4. The van der Waals surface area contributed by atoms with Crippen molar-refractivity contribution < 1.29 is 13.9 Å². The van der Waals surface area contributed by atoms with Crippen molar-refractivity contribution in [3.05, 3.63) is 65.0 Å². The fraction of sp³-hybridized carbons (Fsp3) is 0.0667. The smallest absolute Gasteiger partial charge is 0.265 e. The normalized spacial score (nSPS) is 9.76. The minimum atomic E-state index is -0.511. The minimum absolute atomic E-state index is 0.0631. The molecule has 21 heavy (non-hydrogen) atoms. The highest BCUT2D eigenvalue weighted by Crippen LogP contribution is 2.17. The van der Waals surface area contributed by atoms with Gasteiger partial charge in [-0.15, -0.1) is 0 Å². The van der Waals surface area contributed by atoms with Crippen LogP contribution in [0.5, 0.6) is 5.75 Å². The van der Waals surface area contributed by atoms with Crippen LogP contribution in [-0.2, 0) is 6.61 Å². The van der Waals surface area contributed by atoms with Gasteiger partial charge in [0.25, 0.3) is 5.91 Å². The number of benzene rings is 2. The van der Waals surface area contributed by atoms with Gasteiger partial charge in [-0.1, -0.05) is 6.07 Å². The SMILES string of the molecule is N#Cc1cccc(OCc2cc(C(=O)NN)ccc2F)c1. The Labute approximate surface area is 120 Å². The Morgan fingerprint density at radius 2 is 2.14 bits per heavy atom. The molecule has 0 bridgehead atoms. The van der Waals surface area contributed by atoms with Crippen LogP contribution in [0.25, 0.3) is 0 Å². The molecule has 2 aromatic rings. The summed E-state index contributed by atoms with van der Waals surface area (Å²) in [4.78, 5) is 11.4. The zero-order chi connectivity index (χ0) is 15.2. The van der Waals surface area contributed by atoms with E-state index in [-0.39, 0.29) is 17.7 Å². The van der Waals surface area contributed by atoms with Crippen LogP contribution < -0.4 is 16.0 Å². The zero-order valence-corrected chi connectivity index (χ0v) is 11.0. The van der Waals surface area contributed by atoms with Crippen molar-refractivity contribution in [1.29, 1.82) is 5.26 Å². The van der Waals surface area contributed by atoms with Gasteiger partial charge < -0.3 is 4.74 Å². The van der Waals surface area contributed by atoms with Crippen LogP contribution in [0.15, 0.2) is 42.5 Å². The number of nitrogen functional groups attached to an aromatic ring is 1. The number of nitrogens with two attached hydrogens (primary N) is 1. The molecule has 0 aromatic heterocycles. The summed E-state index contributed by atoms with van der Waals surface area (Å²) in [5, 5.41) is 8.79. The Hall–Kier alpha value is -2.91. The summed E-state index contributed by atoms with van der Waals surface area (Å²) in [5.74, 6) is 4.48. The van der Waals surface area contributed by atoms with E-state index in [1.807, 2.05) is 11.5 Å². The molecule has 0 radical (unpaired) electrons. The van der Waals surface area contributed by atoms with Gasteiger partial charge in [-0.25, -0.2) is 10.2 Å². The van der Waals surface area contributed by atoms with Gasteiger partial charge in [0.1, 0.15) is 18.2 Å². The molecule has 0 spiro atoms. The van der Waals surface area contributed by atoms with Crippen LogP contribution in [0, 0.1) is 17.1 Å². The van der Waals surface area contributed by atoms with E-state index in [2.05, 4.69) is 0 Å². The minimum Gasteiger partial charge on any atom is -0.489 e. The van der Waals surface area contributed by atoms with Gasteiger partial charge >= 0.3 is 0 Å². The molecule has 5 nitrogen and oxygen atoms in total. The fourth-order valence-electron chi connectivity index (χ4n) is 1.73. The number of nitrogens with one attached hydrogen (secondary N) is 1. The van der Waals surface area contributed by atoms with Crippen LogP contribution in [0.4, 0.5) is 4.39 Å². The van der Waals surface area contributed by atoms with Crippen molar-refractivity contribution >= 4 is 5.91 Å². The number of hydrogen-bond acceptors (Lipinski definition) is 4. The molecule has 0 aliphatic carbocycles. The standard InChI is InChI=1S/C15H12FN3O2/c16-14-5-4-11(15(20)19-18)7-12(14)9-21-13-3-1-2-10(6-13)8-17/h1-7H,9,18H2,(H,19,20). The number of halogens is 1. The first-order chi connectivity index (χ1) is 10.1. The number of hydrogen-bond donors (Lipinski definition) is 2. The molecule has 0 aliphatic heterocycles. The maximum atomic E-state index is 13.7. The first-order valence-corrected chi connectivity index (χ1v) is 6.06. The van der Waals surface area contributed by atoms with Crippen LogP contribution in [0.3, 0.4) is 0 Å². The second-order valence-corrected chi connectivity index (χ2v) is 4.21. The molecule has 0 fully saturated rings. The molecule has 0 atom stereocenters. The predicted octanol–water partition coefficient (Wildman–Crippen LogP) is 1.88. The molecule has 1 amide bonds. The number of nitrogens with zero attached hydrogens (tertiary/aromatic N) is 1. The largest absolute Gasteiger partial charge is 0.489 e. The third-order valence-electron chi connectivity index (χ3n) is 2.80. The molecule has 2 rings (SSSR count). The molecule has 0 aliphatic rings. The Morgan fingerprint density at radius 3 is 2.86 bits per heavy atom.